The molecule has 0 bridgehead atoms. The third-order valence-electron chi connectivity index (χ3n) is 1.76. The van der Waals surface area contributed by atoms with Crippen LogP contribution >= 0.6 is 0 Å². The predicted octanol–water partition coefficient (Wildman–Crippen LogP) is 0.629. The molecule has 1 aromatic rings. The Balaban J connectivity index is 3.50. The number of rotatable bonds is 2. The summed E-state index contributed by atoms with van der Waals surface area (Å²) in [5.41, 5.74) is -3.08. The largest absolute Gasteiger partial charge is 0.477 e. The fourth-order valence-electron chi connectivity index (χ4n) is 1.23. The van der Waals surface area contributed by atoms with Gasteiger partial charge in [-0.05, 0) is 0 Å². The number of aromatic carboxylic acids is 1. The summed E-state index contributed by atoms with van der Waals surface area (Å²) in [7, 11) is 1.07. The van der Waals surface area contributed by atoms with E-state index in [4.69, 9.17) is 10.2 Å². The molecule has 8 heteroatoms. The van der Waals surface area contributed by atoms with Gasteiger partial charge in [0.2, 0.25) is 0 Å². The van der Waals surface area contributed by atoms with Gasteiger partial charge in [0.25, 0.3) is 0 Å². The Labute approximate surface area is 81.7 Å². The lowest BCUT2D eigenvalue weighted by molar-refractivity contribution is -0.139. The van der Waals surface area contributed by atoms with E-state index in [0.29, 0.717) is 4.68 Å². The zero-order chi connectivity index (χ0) is 11.8. The topological polar surface area (TPSA) is 75.3 Å². The third kappa shape index (κ3) is 1.94. The van der Waals surface area contributed by atoms with E-state index in [9.17, 15) is 18.0 Å². The molecule has 0 unspecified atom stereocenters. The van der Waals surface area contributed by atoms with Crippen molar-refractivity contribution in [1.82, 2.24) is 9.78 Å². The van der Waals surface area contributed by atoms with Crippen LogP contribution in [0.1, 0.15) is 21.7 Å². The van der Waals surface area contributed by atoms with Gasteiger partial charge in [-0.3, -0.25) is 4.68 Å². The van der Waals surface area contributed by atoms with E-state index in [1.165, 1.54) is 0 Å². The molecule has 1 rings (SSSR count). The molecule has 0 fully saturated rings. The second kappa shape index (κ2) is 3.54. The third-order valence-corrected chi connectivity index (χ3v) is 1.76. The molecule has 0 aromatic carbocycles. The van der Waals surface area contributed by atoms with E-state index in [2.05, 4.69) is 5.10 Å². The van der Waals surface area contributed by atoms with Gasteiger partial charge in [-0.25, -0.2) is 4.79 Å². The van der Waals surface area contributed by atoms with Gasteiger partial charge >= 0.3 is 12.1 Å². The highest BCUT2D eigenvalue weighted by molar-refractivity contribution is 5.88. The quantitative estimate of drug-likeness (QED) is 0.772. The number of halogens is 3. The van der Waals surface area contributed by atoms with Gasteiger partial charge in [0.15, 0.2) is 5.69 Å². The highest BCUT2D eigenvalue weighted by Crippen LogP contribution is 2.34. The molecule has 0 radical (unpaired) electrons. The van der Waals surface area contributed by atoms with Crippen molar-refractivity contribution in [3.05, 3.63) is 17.0 Å². The van der Waals surface area contributed by atoms with Crippen molar-refractivity contribution in [3.8, 4) is 0 Å². The van der Waals surface area contributed by atoms with Crippen molar-refractivity contribution in [1.29, 1.82) is 0 Å². The molecule has 0 aliphatic carbocycles. The molecule has 0 amide bonds. The number of carbonyl (C=O) groups is 1. The van der Waals surface area contributed by atoms with E-state index >= 15 is 0 Å². The molecule has 1 heterocycles. The number of aryl methyl sites for hydroxylation is 1. The summed E-state index contributed by atoms with van der Waals surface area (Å²) >= 11 is 0. The fraction of sp³-hybridized carbons (Fsp3) is 0.429. The van der Waals surface area contributed by atoms with Gasteiger partial charge in [0.05, 0.1) is 6.61 Å². The second-order valence-corrected chi connectivity index (χ2v) is 2.75. The first-order valence-electron chi connectivity index (χ1n) is 3.76. The van der Waals surface area contributed by atoms with Gasteiger partial charge < -0.3 is 10.2 Å². The molecule has 0 saturated carbocycles. The Hall–Kier alpha value is -1.57. The summed E-state index contributed by atoms with van der Waals surface area (Å²) < 4.78 is 37.9. The summed E-state index contributed by atoms with van der Waals surface area (Å²) in [6, 6.07) is 0. The van der Waals surface area contributed by atoms with Gasteiger partial charge in [-0.1, -0.05) is 0 Å². The van der Waals surface area contributed by atoms with Crippen LogP contribution in [0.3, 0.4) is 0 Å². The highest BCUT2D eigenvalue weighted by Gasteiger charge is 2.41. The number of aromatic nitrogens is 2. The van der Waals surface area contributed by atoms with Gasteiger partial charge in [-0.15, -0.1) is 0 Å². The van der Waals surface area contributed by atoms with E-state index in [0.717, 1.165) is 7.05 Å². The molecular formula is C7H7F3N2O3. The van der Waals surface area contributed by atoms with Gasteiger partial charge in [-0.2, -0.15) is 18.3 Å². The minimum Gasteiger partial charge on any atom is -0.477 e. The molecule has 84 valence electrons. The molecule has 0 aliphatic heterocycles. The molecule has 0 spiro atoms. The Morgan fingerprint density at radius 1 is 1.53 bits per heavy atom. The Morgan fingerprint density at radius 3 is 2.40 bits per heavy atom. The van der Waals surface area contributed by atoms with Crippen LogP contribution in [0.5, 0.6) is 0 Å². The maximum atomic E-state index is 12.4. The van der Waals surface area contributed by atoms with Crippen LogP contribution in [0.4, 0.5) is 13.2 Å². The zero-order valence-electron chi connectivity index (χ0n) is 7.54. The number of hydrogen-bond donors (Lipinski definition) is 2. The standard InChI is InChI=1S/C7H7F3N2O3/c1-12-5(6(14)15)4(7(8,9)10)3(2-13)11-12/h13H,2H2,1H3,(H,14,15). The number of aliphatic hydroxyl groups excluding tert-OH is 1. The molecule has 0 aliphatic rings. The summed E-state index contributed by atoms with van der Waals surface area (Å²) in [4.78, 5) is 10.6. The molecule has 5 nitrogen and oxygen atoms in total. The first-order valence-corrected chi connectivity index (χ1v) is 3.76. The van der Waals surface area contributed by atoms with Crippen molar-refractivity contribution in [2.75, 3.05) is 0 Å². The SMILES string of the molecule is Cn1nc(CO)c(C(F)(F)F)c1C(=O)O. The first kappa shape index (κ1) is 11.5. The van der Waals surface area contributed by atoms with Crippen molar-refractivity contribution in [2.45, 2.75) is 12.8 Å². The second-order valence-electron chi connectivity index (χ2n) is 2.75. The monoisotopic (exact) mass is 224 g/mol. The average Bonchev–Trinajstić information content (AvgIpc) is 2.41. The Bertz CT molecular complexity index is 397. The number of aliphatic hydroxyl groups is 1. The Kier molecular flexibility index (Phi) is 2.71. The van der Waals surface area contributed by atoms with Gasteiger partial charge in [0.1, 0.15) is 11.3 Å². The van der Waals surface area contributed by atoms with E-state index in [-0.39, 0.29) is 0 Å². The first-order chi connectivity index (χ1) is 6.79. The van der Waals surface area contributed by atoms with Gasteiger partial charge in [0, 0.05) is 7.05 Å². The molecule has 0 atom stereocenters. The van der Waals surface area contributed by atoms with E-state index < -0.39 is 35.7 Å². The van der Waals surface area contributed by atoms with Crippen LogP contribution in [0.15, 0.2) is 0 Å². The normalized spacial score (nSPS) is 11.8. The van der Waals surface area contributed by atoms with Crippen LogP contribution in [0, 0.1) is 0 Å². The molecule has 1 aromatic heterocycles. The van der Waals surface area contributed by atoms with Crippen LogP contribution in [0.2, 0.25) is 0 Å². The van der Waals surface area contributed by atoms with Crippen LogP contribution < -0.4 is 0 Å². The lowest BCUT2D eigenvalue weighted by Crippen LogP contribution is -2.15. The van der Waals surface area contributed by atoms with Crippen molar-refractivity contribution in [3.63, 3.8) is 0 Å². The van der Waals surface area contributed by atoms with E-state index in [1.807, 2.05) is 0 Å². The minimum absolute atomic E-state index is 0.580. The highest BCUT2D eigenvalue weighted by atomic mass is 19.4. The number of hydrogen-bond acceptors (Lipinski definition) is 3. The molecule has 15 heavy (non-hydrogen) atoms. The lowest BCUT2D eigenvalue weighted by atomic mass is 10.1. The number of carboxylic acid groups (broad SMARTS) is 1. The number of alkyl halides is 3. The summed E-state index contributed by atoms with van der Waals surface area (Å²) in [5, 5.41) is 20.5. The summed E-state index contributed by atoms with van der Waals surface area (Å²) in [6.07, 6.45) is -4.85. The lowest BCUT2D eigenvalue weighted by Gasteiger charge is -2.06. The van der Waals surface area contributed by atoms with Crippen molar-refractivity contribution >= 4 is 5.97 Å². The van der Waals surface area contributed by atoms with Crippen LogP contribution in [-0.4, -0.2) is 26.0 Å². The fourth-order valence-corrected chi connectivity index (χ4v) is 1.23. The molecule has 0 saturated heterocycles. The van der Waals surface area contributed by atoms with Crippen molar-refractivity contribution < 1.29 is 28.2 Å². The van der Waals surface area contributed by atoms with Crippen LogP contribution in [0.25, 0.3) is 0 Å². The van der Waals surface area contributed by atoms with Crippen LogP contribution in [-0.2, 0) is 19.8 Å². The number of carboxylic acids is 1. The van der Waals surface area contributed by atoms with Crippen molar-refractivity contribution in [2.24, 2.45) is 7.05 Å². The van der Waals surface area contributed by atoms with E-state index in [1.54, 1.807) is 0 Å². The molecular weight excluding hydrogens is 217 g/mol. The zero-order valence-corrected chi connectivity index (χ0v) is 7.54. The molecule has 2 N–H and O–H groups in total. The Morgan fingerprint density at radius 2 is 2.07 bits per heavy atom. The average molecular weight is 224 g/mol. The summed E-state index contributed by atoms with van der Waals surface area (Å²) in [5.74, 6) is -1.74. The number of nitrogens with zero attached hydrogens (tertiary/aromatic N) is 2. The minimum atomic E-state index is -4.85. The smallest absolute Gasteiger partial charge is 0.420 e. The maximum Gasteiger partial charge on any atom is 0.420 e. The maximum absolute atomic E-state index is 12.4. The summed E-state index contributed by atoms with van der Waals surface area (Å²) in [6.45, 7) is -0.962. The predicted molar refractivity (Wildman–Crippen MR) is 41.1 cm³/mol.